The molecular weight excluding hydrogens is 372 g/mol. The Morgan fingerprint density at radius 2 is 2.04 bits per heavy atom. The molecular formula is C21H20N4O2S. The number of anilines is 1. The van der Waals surface area contributed by atoms with Crippen LogP contribution in [0.1, 0.15) is 40.8 Å². The first-order valence-electron chi connectivity index (χ1n) is 9.09. The van der Waals surface area contributed by atoms with Gasteiger partial charge in [0.15, 0.2) is 0 Å². The number of nitrogens with zero attached hydrogens (tertiary/aromatic N) is 4. The second kappa shape index (κ2) is 8.88. The van der Waals surface area contributed by atoms with E-state index in [1.54, 1.807) is 0 Å². The largest absolute Gasteiger partial charge is 0.391 e. The maximum Gasteiger partial charge on any atom is 0.148 e. The minimum atomic E-state index is -0.504. The fraction of sp³-hybridized carbons (Fsp3) is 0.333. The second-order valence-electron chi connectivity index (χ2n) is 6.52. The third-order valence-electron chi connectivity index (χ3n) is 4.78. The Morgan fingerprint density at radius 1 is 1.32 bits per heavy atom. The number of aliphatic hydroxyl groups excluding tert-OH is 1. The number of aliphatic hydroxyl groups is 1. The lowest BCUT2D eigenvalue weighted by Gasteiger charge is -2.22. The Hall–Kier alpha value is -2.87. The van der Waals surface area contributed by atoms with Crippen LogP contribution < -0.4 is 4.90 Å². The molecule has 1 aliphatic heterocycles. The Morgan fingerprint density at radius 3 is 2.57 bits per heavy atom. The highest BCUT2D eigenvalue weighted by Crippen LogP contribution is 2.39. The van der Waals surface area contributed by atoms with Crippen molar-refractivity contribution in [1.29, 1.82) is 10.5 Å². The van der Waals surface area contributed by atoms with Crippen LogP contribution >= 0.6 is 11.8 Å². The van der Waals surface area contributed by atoms with Gasteiger partial charge in [-0.2, -0.15) is 10.5 Å². The van der Waals surface area contributed by atoms with Gasteiger partial charge in [0, 0.05) is 13.1 Å². The molecule has 2 heterocycles. The molecule has 0 aliphatic carbocycles. The molecule has 28 heavy (non-hydrogen) atoms. The number of benzene rings is 1. The molecule has 142 valence electrons. The Kier molecular flexibility index (Phi) is 6.30. The molecule has 1 aromatic carbocycles. The molecule has 1 fully saturated rings. The number of carbonyl (C=O) groups excluding carboxylic acids is 1. The van der Waals surface area contributed by atoms with Crippen LogP contribution in [0.15, 0.2) is 35.4 Å². The molecule has 6 nitrogen and oxygen atoms in total. The van der Waals surface area contributed by atoms with Crippen molar-refractivity contribution in [3.05, 3.63) is 52.6 Å². The Balaban J connectivity index is 2.10. The molecule has 1 saturated heterocycles. The van der Waals surface area contributed by atoms with Crippen molar-refractivity contribution < 1.29 is 9.90 Å². The van der Waals surface area contributed by atoms with Crippen molar-refractivity contribution >= 4 is 23.9 Å². The lowest BCUT2D eigenvalue weighted by Crippen LogP contribution is -2.24. The standard InChI is InChI=1S/C21H20N4O2S/c1-2-16-17(10-22)20(25-9-8-15(27)12-25)24-21(18(16)11-23)28-19(13-26)14-6-4-3-5-7-14/h3-7,13,15,19,27H,2,8-9,12H2,1H3. The minimum Gasteiger partial charge on any atom is -0.391 e. The maximum atomic E-state index is 11.7. The van der Waals surface area contributed by atoms with E-state index >= 15 is 0 Å². The zero-order valence-electron chi connectivity index (χ0n) is 15.5. The number of nitriles is 2. The van der Waals surface area contributed by atoms with Gasteiger partial charge in [-0.1, -0.05) is 49.0 Å². The number of rotatable bonds is 6. The summed E-state index contributed by atoms with van der Waals surface area (Å²) in [5, 5.41) is 29.3. The van der Waals surface area contributed by atoms with Gasteiger partial charge in [-0.25, -0.2) is 4.98 Å². The topological polar surface area (TPSA) is 101 Å². The molecule has 2 atom stereocenters. The molecule has 0 bridgehead atoms. The molecule has 1 aliphatic rings. The number of aromatic nitrogens is 1. The monoisotopic (exact) mass is 392 g/mol. The van der Waals surface area contributed by atoms with Crippen molar-refractivity contribution in [2.24, 2.45) is 0 Å². The van der Waals surface area contributed by atoms with Crippen molar-refractivity contribution in [2.45, 2.75) is 36.1 Å². The number of thioether (sulfide) groups is 1. The van der Waals surface area contributed by atoms with Gasteiger partial charge in [-0.3, -0.25) is 0 Å². The van der Waals surface area contributed by atoms with Crippen LogP contribution in [0.5, 0.6) is 0 Å². The number of hydrogen-bond acceptors (Lipinski definition) is 7. The summed E-state index contributed by atoms with van der Waals surface area (Å²) in [5.41, 5.74) is 2.18. The first-order chi connectivity index (χ1) is 13.6. The number of pyridine rings is 1. The predicted molar refractivity (Wildman–Crippen MR) is 107 cm³/mol. The highest BCUT2D eigenvalue weighted by atomic mass is 32.2. The second-order valence-corrected chi connectivity index (χ2v) is 7.65. The highest BCUT2D eigenvalue weighted by Gasteiger charge is 2.28. The van der Waals surface area contributed by atoms with Gasteiger partial charge >= 0.3 is 0 Å². The zero-order valence-corrected chi connectivity index (χ0v) is 16.3. The van der Waals surface area contributed by atoms with Crippen molar-refractivity contribution in [3.8, 4) is 12.1 Å². The van der Waals surface area contributed by atoms with Crippen LogP contribution in [0.4, 0.5) is 5.82 Å². The molecule has 0 amide bonds. The first-order valence-corrected chi connectivity index (χ1v) is 9.97. The summed E-state index contributed by atoms with van der Waals surface area (Å²) in [6.45, 7) is 2.89. The summed E-state index contributed by atoms with van der Waals surface area (Å²) in [6.07, 6.45) is 1.49. The van der Waals surface area contributed by atoms with Crippen LogP contribution in [0.2, 0.25) is 0 Å². The Bertz CT molecular complexity index is 950. The SMILES string of the molecule is CCc1c(C#N)c(SC(C=O)c2ccccc2)nc(N2CCC(O)C2)c1C#N. The molecule has 0 saturated carbocycles. The van der Waals surface area contributed by atoms with E-state index in [4.69, 9.17) is 0 Å². The molecule has 1 aromatic heterocycles. The van der Waals surface area contributed by atoms with E-state index < -0.39 is 11.4 Å². The van der Waals surface area contributed by atoms with E-state index in [1.165, 1.54) is 11.8 Å². The van der Waals surface area contributed by atoms with Gasteiger partial charge in [0.25, 0.3) is 0 Å². The van der Waals surface area contributed by atoms with Crippen LogP contribution in [0, 0.1) is 22.7 Å². The third-order valence-corrected chi connectivity index (χ3v) is 5.93. The Labute approximate surface area is 168 Å². The van der Waals surface area contributed by atoms with Crippen molar-refractivity contribution in [3.63, 3.8) is 0 Å². The average Bonchev–Trinajstić information content (AvgIpc) is 3.17. The number of aldehydes is 1. The van der Waals surface area contributed by atoms with Gasteiger partial charge in [0.2, 0.25) is 0 Å². The molecule has 2 unspecified atom stereocenters. The smallest absolute Gasteiger partial charge is 0.148 e. The molecule has 2 aromatic rings. The van der Waals surface area contributed by atoms with Crippen LogP contribution in [-0.4, -0.2) is 35.6 Å². The number of β-amino-alcohol motifs (C(OH)–C–C–N with tert-alkyl or cyclic N) is 1. The minimum absolute atomic E-state index is 0.343. The van der Waals surface area contributed by atoms with E-state index in [9.17, 15) is 20.4 Å². The van der Waals surface area contributed by atoms with E-state index in [2.05, 4.69) is 17.1 Å². The van der Waals surface area contributed by atoms with Gasteiger partial charge in [-0.05, 0) is 24.0 Å². The molecule has 7 heteroatoms. The van der Waals surface area contributed by atoms with E-state index in [1.807, 2.05) is 42.2 Å². The maximum absolute atomic E-state index is 11.7. The van der Waals surface area contributed by atoms with Crippen LogP contribution in [-0.2, 0) is 11.2 Å². The number of hydrogen-bond donors (Lipinski definition) is 1. The summed E-state index contributed by atoms with van der Waals surface area (Å²) in [4.78, 5) is 18.3. The molecule has 0 spiro atoms. The molecule has 3 rings (SSSR count). The first kappa shape index (κ1) is 19.9. The van der Waals surface area contributed by atoms with Gasteiger partial charge in [-0.15, -0.1) is 0 Å². The summed E-state index contributed by atoms with van der Waals surface area (Å²) >= 11 is 1.22. The highest BCUT2D eigenvalue weighted by molar-refractivity contribution is 8.00. The fourth-order valence-electron chi connectivity index (χ4n) is 3.37. The quantitative estimate of drug-likeness (QED) is 0.596. The lowest BCUT2D eigenvalue weighted by atomic mass is 10.0. The summed E-state index contributed by atoms with van der Waals surface area (Å²) < 4.78 is 0. The molecule has 1 N–H and O–H groups in total. The van der Waals surface area contributed by atoms with Gasteiger partial charge in [0.05, 0.1) is 22.5 Å². The normalized spacial score (nSPS) is 17.0. The van der Waals surface area contributed by atoms with E-state index in [-0.39, 0.29) is 0 Å². The number of carbonyl (C=O) groups is 1. The summed E-state index contributed by atoms with van der Waals surface area (Å²) in [6, 6.07) is 13.7. The fourth-order valence-corrected chi connectivity index (χ4v) is 4.38. The van der Waals surface area contributed by atoms with Crippen LogP contribution in [0.3, 0.4) is 0 Å². The van der Waals surface area contributed by atoms with Gasteiger partial charge in [0.1, 0.15) is 29.3 Å². The van der Waals surface area contributed by atoms with Crippen LogP contribution in [0.25, 0.3) is 0 Å². The predicted octanol–water partition coefficient (Wildman–Crippen LogP) is 2.99. The van der Waals surface area contributed by atoms with Gasteiger partial charge < -0.3 is 14.8 Å². The summed E-state index contributed by atoms with van der Waals surface area (Å²) in [7, 11) is 0. The van der Waals surface area contributed by atoms with Crippen molar-refractivity contribution in [2.75, 3.05) is 18.0 Å². The summed E-state index contributed by atoms with van der Waals surface area (Å²) in [5.74, 6) is 0.482. The lowest BCUT2D eigenvalue weighted by molar-refractivity contribution is -0.107. The van der Waals surface area contributed by atoms with Crippen molar-refractivity contribution in [1.82, 2.24) is 4.98 Å². The zero-order chi connectivity index (χ0) is 20.1. The van der Waals surface area contributed by atoms with E-state index in [0.717, 1.165) is 11.8 Å². The third kappa shape index (κ3) is 3.87. The molecule has 0 radical (unpaired) electrons. The average molecular weight is 392 g/mol. The van der Waals surface area contributed by atoms with E-state index in [0.29, 0.717) is 53.5 Å².